The molecule has 2 fully saturated rings. The van der Waals surface area contributed by atoms with E-state index in [4.69, 9.17) is 4.74 Å². The lowest BCUT2D eigenvalue weighted by Crippen LogP contribution is -2.44. The van der Waals surface area contributed by atoms with Gasteiger partial charge >= 0.3 is 0 Å². The number of nitrogens with one attached hydrogen (secondary N) is 1. The molecule has 2 aromatic heterocycles. The number of hydrogen-bond donors (Lipinski definition) is 1. The quantitative estimate of drug-likeness (QED) is 0.819. The van der Waals surface area contributed by atoms with Crippen LogP contribution in [0.25, 0.3) is 5.65 Å². The first kappa shape index (κ1) is 15.1. The summed E-state index contributed by atoms with van der Waals surface area (Å²) in [6, 6.07) is 3.20. The predicted molar refractivity (Wildman–Crippen MR) is 82.0 cm³/mol. The monoisotopic (exact) mass is 332 g/mol. The zero-order valence-corrected chi connectivity index (χ0v) is 13.2. The molecule has 2 aromatic rings. The van der Waals surface area contributed by atoms with Crippen molar-refractivity contribution < 1.29 is 18.7 Å². The molecule has 2 bridgehead atoms. The Balaban J connectivity index is 1.68. The van der Waals surface area contributed by atoms with Gasteiger partial charge in [0, 0.05) is 19.3 Å². The minimum Gasteiger partial charge on any atom is -0.378 e. The molecule has 0 radical (unpaired) electrons. The van der Waals surface area contributed by atoms with Crippen LogP contribution in [0, 0.1) is 18.8 Å². The van der Waals surface area contributed by atoms with Gasteiger partial charge in [-0.15, -0.1) is 0 Å². The van der Waals surface area contributed by atoms with Crippen molar-refractivity contribution in [3.05, 3.63) is 35.5 Å². The van der Waals surface area contributed by atoms with Crippen molar-refractivity contribution in [1.82, 2.24) is 19.6 Å². The number of fused-ring (bicyclic) bond motifs is 4. The van der Waals surface area contributed by atoms with Crippen molar-refractivity contribution >= 4 is 17.5 Å². The molecule has 2 aliphatic heterocycles. The number of aromatic nitrogens is 2. The molecule has 1 N–H and O–H groups in total. The van der Waals surface area contributed by atoms with E-state index in [9.17, 15) is 14.0 Å². The molecule has 7 nitrogen and oxygen atoms in total. The first-order valence-electron chi connectivity index (χ1n) is 7.84. The summed E-state index contributed by atoms with van der Waals surface area (Å²) in [5.74, 6) is -1.74. The number of carbonyl (C=O) groups is 2. The summed E-state index contributed by atoms with van der Waals surface area (Å²) in [6.07, 6.45) is 1.60. The molecule has 0 aliphatic carbocycles. The van der Waals surface area contributed by atoms with Gasteiger partial charge in [0.05, 0.1) is 25.2 Å². The van der Waals surface area contributed by atoms with Gasteiger partial charge in [0.1, 0.15) is 5.65 Å². The number of hydrogen-bond acceptors (Lipinski definition) is 4. The van der Waals surface area contributed by atoms with Crippen molar-refractivity contribution in [3.63, 3.8) is 0 Å². The standard InChI is InChI=1S/C16H17FN4O3/c1-9-2-3-12-19-13(14(17)21(12)4-9)16(23)20-5-10-7-24-8-11(6-20)18-15(10)22/h2-4,10-11H,5-8H2,1H3,(H,18,22)/t10-,11+/m1/s1. The fourth-order valence-corrected chi connectivity index (χ4v) is 3.20. The number of imidazole rings is 1. The lowest BCUT2D eigenvalue weighted by molar-refractivity contribution is -0.125. The first-order chi connectivity index (χ1) is 11.5. The molecule has 2 aliphatic rings. The molecule has 4 rings (SSSR count). The van der Waals surface area contributed by atoms with E-state index in [0.717, 1.165) is 5.56 Å². The van der Waals surface area contributed by atoms with Gasteiger partial charge in [0.25, 0.3) is 5.91 Å². The number of amides is 2. The Morgan fingerprint density at radius 2 is 2.21 bits per heavy atom. The molecular formula is C16H17FN4O3. The molecule has 4 heterocycles. The van der Waals surface area contributed by atoms with Crippen LogP contribution in [-0.2, 0) is 9.53 Å². The number of aryl methyl sites for hydroxylation is 1. The van der Waals surface area contributed by atoms with Crippen LogP contribution in [0.4, 0.5) is 4.39 Å². The second-order valence-corrected chi connectivity index (χ2v) is 6.34. The lowest BCUT2D eigenvalue weighted by atomic mass is 10.1. The molecule has 0 spiro atoms. The van der Waals surface area contributed by atoms with Crippen molar-refractivity contribution in [2.45, 2.75) is 13.0 Å². The van der Waals surface area contributed by atoms with Crippen LogP contribution >= 0.6 is 0 Å². The van der Waals surface area contributed by atoms with E-state index in [1.807, 2.05) is 13.0 Å². The maximum atomic E-state index is 14.6. The van der Waals surface area contributed by atoms with Crippen molar-refractivity contribution in [2.24, 2.45) is 5.92 Å². The molecule has 126 valence electrons. The second-order valence-electron chi connectivity index (χ2n) is 6.34. The maximum Gasteiger partial charge on any atom is 0.277 e. The van der Waals surface area contributed by atoms with Gasteiger partial charge in [-0.25, -0.2) is 4.98 Å². The minimum atomic E-state index is -0.677. The van der Waals surface area contributed by atoms with E-state index >= 15 is 0 Å². The Kier molecular flexibility index (Phi) is 3.49. The Hall–Kier alpha value is -2.48. The molecule has 2 saturated heterocycles. The Morgan fingerprint density at radius 3 is 3.04 bits per heavy atom. The molecule has 0 unspecified atom stereocenters. The van der Waals surface area contributed by atoms with Crippen LogP contribution in [0.5, 0.6) is 0 Å². The fraction of sp³-hybridized carbons (Fsp3) is 0.438. The number of carbonyl (C=O) groups excluding carboxylic acids is 2. The third-order valence-electron chi connectivity index (χ3n) is 4.43. The molecule has 2 atom stereocenters. The van der Waals surface area contributed by atoms with Gasteiger partial charge in [-0.05, 0) is 18.6 Å². The van der Waals surface area contributed by atoms with Crippen LogP contribution in [0.2, 0.25) is 0 Å². The highest BCUT2D eigenvalue weighted by Crippen LogP contribution is 2.19. The van der Waals surface area contributed by atoms with Crippen LogP contribution < -0.4 is 5.32 Å². The Morgan fingerprint density at radius 1 is 1.38 bits per heavy atom. The van der Waals surface area contributed by atoms with Crippen LogP contribution in [-0.4, -0.2) is 58.4 Å². The first-order valence-corrected chi connectivity index (χ1v) is 7.84. The van der Waals surface area contributed by atoms with Gasteiger partial charge in [0.15, 0.2) is 5.69 Å². The summed E-state index contributed by atoms with van der Waals surface area (Å²) in [5.41, 5.74) is 1.04. The van der Waals surface area contributed by atoms with Gasteiger partial charge < -0.3 is 15.0 Å². The number of nitrogens with zero attached hydrogens (tertiary/aromatic N) is 3. The topological polar surface area (TPSA) is 75.9 Å². The zero-order chi connectivity index (χ0) is 16.8. The number of pyridine rings is 1. The molecule has 2 amide bonds. The summed E-state index contributed by atoms with van der Waals surface area (Å²) >= 11 is 0. The summed E-state index contributed by atoms with van der Waals surface area (Å²) < 4.78 is 21.3. The number of rotatable bonds is 1. The highest BCUT2D eigenvalue weighted by molar-refractivity contribution is 5.94. The van der Waals surface area contributed by atoms with E-state index < -0.39 is 17.8 Å². The largest absolute Gasteiger partial charge is 0.378 e. The third kappa shape index (κ3) is 2.43. The molecule has 8 heteroatoms. The molecule has 0 aromatic carbocycles. The molecule has 0 saturated carbocycles. The second kappa shape index (κ2) is 5.55. The van der Waals surface area contributed by atoms with Crippen molar-refractivity contribution in [1.29, 1.82) is 0 Å². The zero-order valence-electron chi connectivity index (χ0n) is 13.2. The van der Waals surface area contributed by atoms with Gasteiger partial charge in [-0.1, -0.05) is 6.07 Å². The Bertz CT molecular complexity index is 834. The normalized spacial score (nSPS) is 23.9. The van der Waals surface area contributed by atoms with Crippen LogP contribution in [0.3, 0.4) is 0 Å². The molecular weight excluding hydrogens is 315 g/mol. The number of ether oxygens (including phenoxy) is 1. The third-order valence-corrected chi connectivity index (χ3v) is 4.43. The van der Waals surface area contributed by atoms with E-state index in [0.29, 0.717) is 12.3 Å². The average molecular weight is 332 g/mol. The average Bonchev–Trinajstić information content (AvgIpc) is 2.67. The predicted octanol–water partition coefficient (Wildman–Crippen LogP) is 0.369. The van der Waals surface area contributed by atoms with E-state index in [2.05, 4.69) is 10.3 Å². The maximum absolute atomic E-state index is 14.6. The number of halogens is 1. The fourth-order valence-electron chi connectivity index (χ4n) is 3.20. The minimum absolute atomic E-state index is 0.126. The lowest BCUT2D eigenvalue weighted by Gasteiger charge is -2.26. The highest BCUT2D eigenvalue weighted by Gasteiger charge is 2.36. The van der Waals surface area contributed by atoms with Crippen molar-refractivity contribution in [2.75, 3.05) is 26.3 Å². The molecule has 24 heavy (non-hydrogen) atoms. The van der Waals surface area contributed by atoms with Crippen LogP contribution in [0.1, 0.15) is 16.1 Å². The summed E-state index contributed by atoms with van der Waals surface area (Å²) in [6.45, 7) is 2.94. The Labute approximate surface area is 137 Å². The smallest absolute Gasteiger partial charge is 0.277 e. The van der Waals surface area contributed by atoms with Gasteiger partial charge in [0.2, 0.25) is 11.9 Å². The van der Waals surface area contributed by atoms with Gasteiger partial charge in [-0.2, -0.15) is 4.39 Å². The summed E-state index contributed by atoms with van der Waals surface area (Å²) in [5, 5.41) is 2.85. The van der Waals surface area contributed by atoms with Crippen LogP contribution in [0.15, 0.2) is 18.3 Å². The van der Waals surface area contributed by atoms with Gasteiger partial charge in [-0.3, -0.25) is 14.0 Å². The summed E-state index contributed by atoms with van der Waals surface area (Å²) in [7, 11) is 0. The van der Waals surface area contributed by atoms with E-state index in [-0.39, 0.29) is 37.3 Å². The van der Waals surface area contributed by atoms with E-state index in [1.54, 1.807) is 12.3 Å². The van der Waals surface area contributed by atoms with Crippen molar-refractivity contribution in [3.8, 4) is 0 Å². The van der Waals surface area contributed by atoms with E-state index in [1.165, 1.54) is 9.30 Å². The SMILES string of the molecule is Cc1ccc2nc(C(=O)N3C[C@H]4COC[C@@H](C3)C(=O)N4)c(F)n2c1. The highest BCUT2D eigenvalue weighted by atomic mass is 19.1. The summed E-state index contributed by atoms with van der Waals surface area (Å²) in [4.78, 5) is 30.4.